The summed E-state index contributed by atoms with van der Waals surface area (Å²) in [6.45, 7) is 0. The Bertz CT molecular complexity index is 187. The molecule has 68 valence electrons. The zero-order chi connectivity index (χ0) is 8.97. The van der Waals surface area contributed by atoms with E-state index in [9.17, 15) is 0 Å². The Kier molecular flexibility index (Phi) is 3.47. The summed E-state index contributed by atoms with van der Waals surface area (Å²) in [5.41, 5.74) is 5.49. The normalized spacial score (nSPS) is 24.8. The first-order valence-electron chi connectivity index (χ1n) is 4.15. The lowest BCUT2D eigenvalue weighted by Crippen LogP contribution is -2.36. The van der Waals surface area contributed by atoms with Gasteiger partial charge in [0, 0.05) is 0 Å². The van der Waals surface area contributed by atoms with Crippen LogP contribution < -0.4 is 5.73 Å². The van der Waals surface area contributed by atoms with E-state index in [0.717, 1.165) is 6.42 Å². The first-order chi connectivity index (χ1) is 5.70. The maximum absolute atomic E-state index is 8.74. The van der Waals surface area contributed by atoms with E-state index in [2.05, 4.69) is 6.08 Å². The Hall–Kier alpha value is -0.640. The highest BCUT2D eigenvalue weighted by molar-refractivity contribution is 5.11. The quantitative estimate of drug-likeness (QED) is 0.527. The minimum atomic E-state index is -1.40. The Morgan fingerprint density at radius 1 is 1.42 bits per heavy atom. The number of allylic oxidation sites excluding steroid dienone is 4. The first-order valence-corrected chi connectivity index (χ1v) is 4.15. The van der Waals surface area contributed by atoms with Crippen LogP contribution in [0.3, 0.4) is 0 Å². The van der Waals surface area contributed by atoms with Crippen LogP contribution in [0.15, 0.2) is 24.3 Å². The van der Waals surface area contributed by atoms with Gasteiger partial charge in [0.15, 0.2) is 6.29 Å². The van der Waals surface area contributed by atoms with Crippen LogP contribution in [0.5, 0.6) is 0 Å². The van der Waals surface area contributed by atoms with Gasteiger partial charge in [0.1, 0.15) is 0 Å². The van der Waals surface area contributed by atoms with E-state index in [1.807, 2.05) is 18.2 Å². The molecule has 0 aromatic heterocycles. The van der Waals surface area contributed by atoms with Crippen molar-refractivity contribution in [2.75, 3.05) is 0 Å². The predicted octanol–water partition coefficient (Wildman–Crippen LogP) is 0.147. The molecule has 0 heterocycles. The molecule has 0 aliphatic heterocycles. The van der Waals surface area contributed by atoms with E-state index >= 15 is 0 Å². The molecule has 0 aromatic rings. The second-order valence-electron chi connectivity index (χ2n) is 3.12. The molecular weight excluding hydrogens is 154 g/mol. The maximum atomic E-state index is 8.74. The summed E-state index contributed by atoms with van der Waals surface area (Å²) in [5, 5.41) is 17.5. The van der Waals surface area contributed by atoms with Crippen LogP contribution in [0, 0.1) is 5.92 Å². The van der Waals surface area contributed by atoms with Crippen molar-refractivity contribution in [3.63, 3.8) is 0 Å². The molecule has 0 fully saturated rings. The Balaban J connectivity index is 2.31. The third-order valence-electron chi connectivity index (χ3n) is 2.03. The van der Waals surface area contributed by atoms with Gasteiger partial charge in [-0.2, -0.15) is 0 Å². The molecule has 4 N–H and O–H groups in total. The van der Waals surface area contributed by atoms with E-state index in [0.29, 0.717) is 12.3 Å². The van der Waals surface area contributed by atoms with Gasteiger partial charge in [-0.3, -0.25) is 0 Å². The summed E-state index contributed by atoms with van der Waals surface area (Å²) in [5.74, 6) is 0.354. The number of hydrogen-bond acceptors (Lipinski definition) is 3. The molecule has 1 aliphatic carbocycles. The molecule has 3 heteroatoms. The van der Waals surface area contributed by atoms with Crippen molar-refractivity contribution in [3.8, 4) is 0 Å². The van der Waals surface area contributed by atoms with Crippen LogP contribution in [0.2, 0.25) is 0 Å². The molecule has 0 radical (unpaired) electrons. The predicted molar refractivity (Wildman–Crippen MR) is 47.2 cm³/mol. The van der Waals surface area contributed by atoms with Crippen molar-refractivity contribution in [2.45, 2.75) is 25.2 Å². The highest BCUT2D eigenvalue weighted by atomic mass is 16.5. The van der Waals surface area contributed by atoms with Gasteiger partial charge in [0.25, 0.3) is 0 Å². The third-order valence-corrected chi connectivity index (χ3v) is 2.03. The van der Waals surface area contributed by atoms with Crippen molar-refractivity contribution in [1.29, 1.82) is 0 Å². The van der Waals surface area contributed by atoms with Gasteiger partial charge in [0.05, 0.1) is 6.04 Å². The lowest BCUT2D eigenvalue weighted by atomic mass is 9.93. The summed E-state index contributed by atoms with van der Waals surface area (Å²) in [7, 11) is 0. The van der Waals surface area contributed by atoms with Crippen molar-refractivity contribution in [1.82, 2.24) is 0 Å². The number of aliphatic hydroxyl groups excluding tert-OH is 1. The summed E-state index contributed by atoms with van der Waals surface area (Å²) < 4.78 is 0. The molecule has 0 aromatic carbocycles. The van der Waals surface area contributed by atoms with Crippen molar-refractivity contribution in [3.05, 3.63) is 24.3 Å². The highest BCUT2D eigenvalue weighted by Crippen LogP contribution is 2.17. The summed E-state index contributed by atoms with van der Waals surface area (Å²) in [4.78, 5) is 0. The van der Waals surface area contributed by atoms with Crippen molar-refractivity contribution < 1.29 is 10.2 Å². The van der Waals surface area contributed by atoms with Crippen LogP contribution >= 0.6 is 0 Å². The van der Waals surface area contributed by atoms with Gasteiger partial charge >= 0.3 is 0 Å². The number of nitrogens with two attached hydrogens (primary N) is 1. The number of rotatable bonds is 3. The second-order valence-corrected chi connectivity index (χ2v) is 3.12. The molecule has 0 saturated carbocycles. The van der Waals surface area contributed by atoms with Crippen LogP contribution in [0.1, 0.15) is 12.8 Å². The topological polar surface area (TPSA) is 66.5 Å². The fraction of sp³-hybridized carbons (Fsp3) is 0.556. The molecule has 0 saturated heterocycles. The zero-order valence-electron chi connectivity index (χ0n) is 6.93. The monoisotopic (exact) mass is 169 g/mol. The fourth-order valence-electron chi connectivity index (χ4n) is 1.28. The smallest absolute Gasteiger partial charge is 0.166 e. The zero-order valence-corrected chi connectivity index (χ0v) is 6.93. The van der Waals surface area contributed by atoms with Gasteiger partial charge in [-0.05, 0) is 18.8 Å². The molecule has 0 amide bonds. The van der Waals surface area contributed by atoms with Gasteiger partial charge in [-0.1, -0.05) is 24.3 Å². The highest BCUT2D eigenvalue weighted by Gasteiger charge is 2.16. The molecule has 12 heavy (non-hydrogen) atoms. The SMILES string of the molecule is N[C@@H](C[C@H]1C=CC=CC1)C(O)O. The average molecular weight is 169 g/mol. The number of hydrogen-bond donors (Lipinski definition) is 3. The van der Waals surface area contributed by atoms with Crippen LogP contribution in [-0.4, -0.2) is 22.5 Å². The first kappa shape index (κ1) is 9.45. The molecular formula is C9H15NO2. The van der Waals surface area contributed by atoms with Gasteiger partial charge < -0.3 is 15.9 Å². The molecule has 1 rings (SSSR count). The Morgan fingerprint density at radius 3 is 2.67 bits per heavy atom. The van der Waals surface area contributed by atoms with Crippen molar-refractivity contribution >= 4 is 0 Å². The van der Waals surface area contributed by atoms with Gasteiger partial charge in [-0.15, -0.1) is 0 Å². The van der Waals surface area contributed by atoms with E-state index in [-0.39, 0.29) is 0 Å². The van der Waals surface area contributed by atoms with Gasteiger partial charge in [-0.25, -0.2) is 0 Å². The average Bonchev–Trinajstić information content (AvgIpc) is 2.06. The lowest BCUT2D eigenvalue weighted by Gasteiger charge is -2.19. The fourth-order valence-corrected chi connectivity index (χ4v) is 1.28. The molecule has 0 bridgehead atoms. The van der Waals surface area contributed by atoms with Crippen LogP contribution in [-0.2, 0) is 0 Å². The molecule has 2 atom stereocenters. The van der Waals surface area contributed by atoms with Gasteiger partial charge in [0.2, 0.25) is 0 Å². The minimum Gasteiger partial charge on any atom is -0.367 e. The lowest BCUT2D eigenvalue weighted by molar-refractivity contribution is -0.0615. The summed E-state index contributed by atoms with van der Waals surface area (Å²) in [6.07, 6.45) is 8.21. The van der Waals surface area contributed by atoms with Crippen LogP contribution in [0.25, 0.3) is 0 Å². The van der Waals surface area contributed by atoms with E-state index in [1.165, 1.54) is 0 Å². The minimum absolute atomic E-state index is 0.354. The molecule has 0 spiro atoms. The largest absolute Gasteiger partial charge is 0.367 e. The molecule has 0 unspecified atom stereocenters. The van der Waals surface area contributed by atoms with E-state index in [4.69, 9.17) is 15.9 Å². The number of aliphatic hydroxyl groups is 2. The third kappa shape index (κ3) is 2.77. The maximum Gasteiger partial charge on any atom is 0.166 e. The van der Waals surface area contributed by atoms with E-state index < -0.39 is 12.3 Å². The van der Waals surface area contributed by atoms with Crippen molar-refractivity contribution in [2.24, 2.45) is 11.7 Å². The standard InChI is InChI=1S/C9H15NO2/c10-8(9(11)12)6-7-4-2-1-3-5-7/h1-4,7-9,11-12H,5-6,10H2/t7-,8-/m0/s1. The molecule has 1 aliphatic rings. The van der Waals surface area contributed by atoms with E-state index in [1.54, 1.807) is 0 Å². The Morgan fingerprint density at radius 2 is 2.17 bits per heavy atom. The van der Waals surface area contributed by atoms with Crippen LogP contribution in [0.4, 0.5) is 0 Å². The molecule has 3 nitrogen and oxygen atoms in total. The Labute approximate surface area is 72.2 Å². The summed E-state index contributed by atoms with van der Waals surface area (Å²) >= 11 is 0. The second kappa shape index (κ2) is 4.40. The summed E-state index contributed by atoms with van der Waals surface area (Å²) in [6, 6.07) is -0.536.